The summed E-state index contributed by atoms with van der Waals surface area (Å²) in [5, 5.41) is 14.9. The number of rotatable bonds is 5. The third-order valence-corrected chi connectivity index (χ3v) is 4.57. The lowest BCUT2D eigenvalue weighted by Crippen LogP contribution is -2.38. The van der Waals surface area contributed by atoms with Gasteiger partial charge in [-0.25, -0.2) is 0 Å². The maximum Gasteiger partial charge on any atom is 0.261 e. The fraction of sp³-hybridized carbons (Fsp3) is 0.643. The second-order valence-electron chi connectivity index (χ2n) is 4.86. The van der Waals surface area contributed by atoms with Gasteiger partial charge in [0.2, 0.25) is 0 Å². The predicted molar refractivity (Wildman–Crippen MR) is 75.6 cm³/mol. The van der Waals surface area contributed by atoms with Gasteiger partial charge >= 0.3 is 0 Å². The lowest BCUT2D eigenvalue weighted by molar-refractivity contribution is 0.00874. The highest BCUT2D eigenvalue weighted by Gasteiger charge is 2.23. The van der Waals surface area contributed by atoms with Gasteiger partial charge in [0.05, 0.1) is 11.0 Å². The van der Waals surface area contributed by atoms with Crippen LogP contribution >= 0.6 is 11.3 Å². The Bertz CT molecular complexity index is 413. The van der Waals surface area contributed by atoms with Crippen molar-refractivity contribution in [2.75, 3.05) is 19.8 Å². The molecule has 0 saturated carbocycles. The van der Waals surface area contributed by atoms with Gasteiger partial charge in [-0.1, -0.05) is 6.92 Å². The van der Waals surface area contributed by atoms with Gasteiger partial charge in [-0.15, -0.1) is 11.3 Å². The smallest absolute Gasteiger partial charge is 0.261 e. The van der Waals surface area contributed by atoms with Gasteiger partial charge in [-0.2, -0.15) is 0 Å². The second-order valence-corrected chi connectivity index (χ2v) is 5.77. The van der Waals surface area contributed by atoms with E-state index in [2.05, 4.69) is 5.32 Å². The van der Waals surface area contributed by atoms with Crippen molar-refractivity contribution in [3.63, 3.8) is 0 Å². The number of carbonyl (C=O) groups is 1. The number of hydrogen-bond acceptors (Lipinski definition) is 4. The van der Waals surface area contributed by atoms with E-state index in [-0.39, 0.29) is 11.8 Å². The quantitative estimate of drug-likeness (QED) is 0.866. The van der Waals surface area contributed by atoms with E-state index in [1.807, 2.05) is 18.4 Å². The predicted octanol–water partition coefficient (Wildman–Crippen LogP) is 1.83. The number of aliphatic hydroxyl groups excluding tert-OH is 1. The molecule has 0 spiro atoms. The largest absolute Gasteiger partial charge is 0.391 e. The normalized spacial score (nSPS) is 18.2. The molecule has 5 heteroatoms. The lowest BCUT2D eigenvalue weighted by Gasteiger charge is -2.26. The van der Waals surface area contributed by atoms with Crippen LogP contribution in [0.1, 0.15) is 35.0 Å². The molecule has 0 radical (unpaired) electrons. The molecule has 2 N–H and O–H groups in total. The maximum atomic E-state index is 12.0. The minimum Gasteiger partial charge on any atom is -0.391 e. The first-order valence-electron chi connectivity index (χ1n) is 6.82. The molecular weight excluding hydrogens is 262 g/mol. The van der Waals surface area contributed by atoms with Crippen LogP contribution in [0.2, 0.25) is 0 Å². The fourth-order valence-corrected chi connectivity index (χ4v) is 3.27. The number of amides is 1. The first-order chi connectivity index (χ1) is 9.22. The molecule has 1 aromatic heterocycles. The Morgan fingerprint density at radius 3 is 3.00 bits per heavy atom. The van der Waals surface area contributed by atoms with Gasteiger partial charge in [0.25, 0.3) is 5.91 Å². The van der Waals surface area contributed by atoms with Gasteiger partial charge in [0, 0.05) is 19.8 Å². The van der Waals surface area contributed by atoms with Crippen molar-refractivity contribution in [2.24, 2.45) is 5.92 Å². The van der Waals surface area contributed by atoms with Crippen LogP contribution in [0.4, 0.5) is 0 Å². The molecule has 1 aliphatic heterocycles. The van der Waals surface area contributed by atoms with Crippen LogP contribution in [0.25, 0.3) is 0 Å². The summed E-state index contributed by atoms with van der Waals surface area (Å²) in [6.07, 6.45) is 2.12. The average molecular weight is 283 g/mol. The van der Waals surface area contributed by atoms with Gasteiger partial charge in [-0.3, -0.25) is 4.79 Å². The topological polar surface area (TPSA) is 58.6 Å². The Hall–Kier alpha value is -0.910. The minimum absolute atomic E-state index is 0.0713. The molecule has 1 fully saturated rings. The molecule has 4 nitrogen and oxygen atoms in total. The monoisotopic (exact) mass is 283 g/mol. The maximum absolute atomic E-state index is 12.0. The molecule has 1 amide bonds. The van der Waals surface area contributed by atoms with E-state index >= 15 is 0 Å². The van der Waals surface area contributed by atoms with Crippen LogP contribution in [0, 0.1) is 5.92 Å². The summed E-state index contributed by atoms with van der Waals surface area (Å²) in [6, 6.07) is 1.98. The van der Waals surface area contributed by atoms with Crippen molar-refractivity contribution >= 4 is 17.2 Å². The van der Waals surface area contributed by atoms with Crippen molar-refractivity contribution in [1.29, 1.82) is 0 Å². The standard InChI is InChI=1S/C14H21NO3S/c1-2-10-5-8-19-13(10)14(17)15-9-12(16)11-3-6-18-7-4-11/h5,8,11-12,16H,2-4,6-7,9H2,1H3,(H,15,17)/t12-/m0/s1. The number of carbonyl (C=O) groups excluding carboxylic acids is 1. The molecule has 1 aromatic rings. The highest BCUT2D eigenvalue weighted by molar-refractivity contribution is 7.12. The molecule has 0 aliphatic carbocycles. The van der Waals surface area contributed by atoms with E-state index in [9.17, 15) is 9.90 Å². The van der Waals surface area contributed by atoms with Crippen molar-refractivity contribution in [3.8, 4) is 0 Å². The zero-order valence-electron chi connectivity index (χ0n) is 11.2. The summed E-state index contributed by atoms with van der Waals surface area (Å²) in [6.45, 7) is 3.78. The number of thiophene rings is 1. The van der Waals surface area contributed by atoms with Crippen LogP contribution in [0.15, 0.2) is 11.4 Å². The molecule has 1 aliphatic rings. The summed E-state index contributed by atoms with van der Waals surface area (Å²) in [7, 11) is 0. The molecule has 2 heterocycles. The highest BCUT2D eigenvalue weighted by atomic mass is 32.1. The fourth-order valence-electron chi connectivity index (χ4n) is 2.36. The van der Waals surface area contributed by atoms with E-state index in [4.69, 9.17) is 4.74 Å². The highest BCUT2D eigenvalue weighted by Crippen LogP contribution is 2.19. The summed E-state index contributed by atoms with van der Waals surface area (Å²) in [5.41, 5.74) is 1.07. The Morgan fingerprint density at radius 2 is 2.32 bits per heavy atom. The van der Waals surface area contributed by atoms with E-state index < -0.39 is 6.10 Å². The number of nitrogens with one attached hydrogen (secondary N) is 1. The second kappa shape index (κ2) is 7.03. The van der Waals surface area contributed by atoms with E-state index in [0.717, 1.165) is 29.7 Å². The summed E-state index contributed by atoms with van der Waals surface area (Å²) < 4.78 is 5.27. The third-order valence-electron chi connectivity index (χ3n) is 3.62. The molecule has 1 saturated heterocycles. The zero-order chi connectivity index (χ0) is 13.7. The molecule has 19 heavy (non-hydrogen) atoms. The van der Waals surface area contributed by atoms with Gasteiger partial charge in [-0.05, 0) is 42.2 Å². The van der Waals surface area contributed by atoms with Crippen LogP contribution in [0.5, 0.6) is 0 Å². The van der Waals surface area contributed by atoms with Crippen molar-refractivity contribution < 1.29 is 14.6 Å². The SMILES string of the molecule is CCc1ccsc1C(=O)NC[C@H](O)C1CCOCC1. The van der Waals surface area contributed by atoms with Crippen LogP contribution in [0.3, 0.4) is 0 Å². The summed E-state index contributed by atoms with van der Waals surface area (Å²) >= 11 is 1.46. The van der Waals surface area contributed by atoms with Crippen LogP contribution in [-0.4, -0.2) is 36.9 Å². The number of hydrogen-bond donors (Lipinski definition) is 2. The van der Waals surface area contributed by atoms with Crippen molar-refractivity contribution in [2.45, 2.75) is 32.3 Å². The molecule has 0 aromatic carbocycles. The number of aryl methyl sites for hydroxylation is 1. The van der Waals surface area contributed by atoms with Crippen molar-refractivity contribution in [3.05, 3.63) is 21.9 Å². The van der Waals surface area contributed by atoms with E-state index in [1.165, 1.54) is 11.3 Å². The van der Waals surface area contributed by atoms with E-state index in [0.29, 0.717) is 19.8 Å². The minimum atomic E-state index is -0.474. The van der Waals surface area contributed by atoms with Gasteiger partial charge < -0.3 is 15.2 Å². The zero-order valence-corrected chi connectivity index (χ0v) is 12.0. The Morgan fingerprint density at radius 1 is 1.58 bits per heavy atom. The van der Waals surface area contributed by atoms with Crippen LogP contribution in [-0.2, 0) is 11.2 Å². The molecule has 0 bridgehead atoms. The third kappa shape index (κ3) is 3.78. The molecule has 2 rings (SSSR count). The first-order valence-corrected chi connectivity index (χ1v) is 7.70. The van der Waals surface area contributed by atoms with Gasteiger partial charge in [0.1, 0.15) is 0 Å². The first kappa shape index (κ1) is 14.5. The lowest BCUT2D eigenvalue weighted by atomic mass is 9.94. The average Bonchev–Trinajstić information content (AvgIpc) is 2.93. The number of aliphatic hydroxyl groups is 1. The Balaban J connectivity index is 1.82. The Labute approximate surface area is 117 Å². The summed E-state index contributed by atoms with van der Waals surface area (Å²) in [5.74, 6) is 0.168. The Kier molecular flexibility index (Phi) is 5.36. The molecular formula is C14H21NO3S. The number of ether oxygens (including phenoxy) is 1. The van der Waals surface area contributed by atoms with Crippen LogP contribution < -0.4 is 5.32 Å². The van der Waals surface area contributed by atoms with Gasteiger partial charge in [0.15, 0.2) is 0 Å². The van der Waals surface area contributed by atoms with Crippen molar-refractivity contribution in [1.82, 2.24) is 5.32 Å². The molecule has 0 unspecified atom stereocenters. The van der Waals surface area contributed by atoms with E-state index in [1.54, 1.807) is 0 Å². The molecule has 106 valence electrons. The summed E-state index contributed by atoms with van der Waals surface area (Å²) in [4.78, 5) is 12.8. The molecule has 1 atom stereocenters.